The molecule has 1 aliphatic heterocycles. The Bertz CT molecular complexity index is 1630. The summed E-state index contributed by atoms with van der Waals surface area (Å²) in [5.41, 5.74) is 3.96. The van der Waals surface area contributed by atoms with Gasteiger partial charge < -0.3 is 23.7 Å². The molecular weight excluding hydrogens is 550 g/mol. The van der Waals surface area contributed by atoms with Crippen molar-refractivity contribution in [1.82, 2.24) is 9.47 Å². The van der Waals surface area contributed by atoms with Crippen molar-refractivity contribution >= 4 is 51.9 Å². The molecule has 1 aromatic heterocycles. The van der Waals surface area contributed by atoms with Crippen molar-refractivity contribution in [2.75, 3.05) is 31.8 Å². The van der Waals surface area contributed by atoms with Crippen LogP contribution in [0.2, 0.25) is 0 Å². The number of anilines is 1. The minimum atomic E-state index is -0.499. The van der Waals surface area contributed by atoms with Gasteiger partial charge >= 0.3 is 5.97 Å². The molecule has 0 aliphatic carbocycles. The number of hydrogen-bond acceptors (Lipinski definition) is 6. The average Bonchev–Trinajstić information content (AvgIpc) is 3.46. The lowest BCUT2D eigenvalue weighted by Gasteiger charge is -2.19. The van der Waals surface area contributed by atoms with Crippen LogP contribution in [0.3, 0.4) is 0 Å². The van der Waals surface area contributed by atoms with Crippen LogP contribution < -0.4 is 14.4 Å². The van der Waals surface area contributed by atoms with Crippen LogP contribution in [0.5, 0.6) is 11.5 Å². The molecule has 9 heteroatoms. The van der Waals surface area contributed by atoms with Crippen LogP contribution in [0.25, 0.3) is 17.0 Å². The van der Waals surface area contributed by atoms with Gasteiger partial charge in [0.1, 0.15) is 23.7 Å². The minimum absolute atomic E-state index is 0.185. The zero-order valence-electron chi connectivity index (χ0n) is 23.9. The summed E-state index contributed by atoms with van der Waals surface area (Å²) < 4.78 is 18.5. The van der Waals surface area contributed by atoms with E-state index in [4.69, 9.17) is 26.4 Å². The van der Waals surface area contributed by atoms with Crippen molar-refractivity contribution in [2.45, 2.75) is 26.8 Å². The Morgan fingerprint density at radius 1 is 0.952 bits per heavy atom. The summed E-state index contributed by atoms with van der Waals surface area (Å²) in [7, 11) is 1.31. The summed E-state index contributed by atoms with van der Waals surface area (Å²) in [6.45, 7) is 5.61. The third-order valence-electron chi connectivity index (χ3n) is 7.00. The highest BCUT2D eigenvalue weighted by Gasteiger charge is 2.40. The van der Waals surface area contributed by atoms with E-state index < -0.39 is 5.97 Å². The molecule has 1 fully saturated rings. The first-order valence-corrected chi connectivity index (χ1v) is 14.2. The molecule has 216 valence electrons. The number of fused-ring (bicyclic) bond motifs is 1. The fraction of sp³-hybridized carbons (Fsp3) is 0.242. The van der Waals surface area contributed by atoms with Crippen LogP contribution in [0, 0.1) is 6.92 Å². The normalized spacial score (nSPS) is 14.2. The van der Waals surface area contributed by atoms with Gasteiger partial charge in [0.2, 0.25) is 0 Å². The first-order valence-electron chi connectivity index (χ1n) is 13.8. The maximum Gasteiger partial charge on any atom is 0.325 e. The van der Waals surface area contributed by atoms with Crippen LogP contribution in [0.4, 0.5) is 5.69 Å². The number of aromatic nitrogens is 1. The van der Waals surface area contributed by atoms with Crippen LogP contribution in [0.15, 0.2) is 84.7 Å². The Labute approximate surface area is 250 Å². The second-order valence-corrected chi connectivity index (χ2v) is 10.2. The molecule has 3 aromatic carbocycles. The van der Waals surface area contributed by atoms with Gasteiger partial charge in [-0.1, -0.05) is 35.9 Å². The highest BCUT2D eigenvalue weighted by Crippen LogP contribution is 2.32. The third-order valence-corrected chi connectivity index (χ3v) is 7.40. The minimum Gasteiger partial charge on any atom is -0.494 e. The molecule has 1 aliphatic rings. The molecule has 0 radical (unpaired) electrons. The molecule has 0 N–H and O–H groups in total. The maximum absolute atomic E-state index is 13.8. The summed E-state index contributed by atoms with van der Waals surface area (Å²) in [4.78, 5) is 29.2. The number of amides is 1. The predicted molar refractivity (Wildman–Crippen MR) is 168 cm³/mol. The number of aryl methyl sites for hydroxylation is 2. The molecule has 42 heavy (non-hydrogen) atoms. The van der Waals surface area contributed by atoms with E-state index in [9.17, 15) is 9.59 Å². The number of nitrogens with zero attached hydrogens (tertiary/aromatic N) is 3. The molecule has 0 bridgehead atoms. The van der Waals surface area contributed by atoms with Crippen LogP contribution in [-0.2, 0) is 20.9 Å². The third kappa shape index (κ3) is 6.16. The summed E-state index contributed by atoms with van der Waals surface area (Å²) in [5, 5.41) is 1.19. The lowest BCUT2D eigenvalue weighted by atomic mass is 10.1. The van der Waals surface area contributed by atoms with Gasteiger partial charge in [-0.15, -0.1) is 0 Å². The quantitative estimate of drug-likeness (QED) is 0.0933. The zero-order chi connectivity index (χ0) is 29.6. The number of ether oxygens (including phenoxy) is 3. The lowest BCUT2D eigenvalue weighted by molar-refractivity contribution is -0.140. The van der Waals surface area contributed by atoms with E-state index in [2.05, 4.69) is 10.6 Å². The van der Waals surface area contributed by atoms with Crippen LogP contribution >= 0.6 is 12.2 Å². The van der Waals surface area contributed by atoms with Gasteiger partial charge in [0.05, 0.1) is 26.0 Å². The molecule has 4 aromatic rings. The zero-order valence-corrected chi connectivity index (χ0v) is 24.7. The Morgan fingerprint density at radius 3 is 2.36 bits per heavy atom. The van der Waals surface area contributed by atoms with Gasteiger partial charge in [-0.25, -0.2) is 0 Å². The van der Waals surface area contributed by atoms with Crippen molar-refractivity contribution in [1.29, 1.82) is 0 Å². The number of thiocarbonyl (C=S) groups is 1. The van der Waals surface area contributed by atoms with Crippen LogP contribution in [-0.4, -0.2) is 53.3 Å². The molecule has 8 nitrogen and oxygen atoms in total. The van der Waals surface area contributed by atoms with Crippen molar-refractivity contribution in [3.63, 3.8) is 0 Å². The molecular formula is C33H33N3O5S. The number of benzene rings is 3. The summed E-state index contributed by atoms with van der Waals surface area (Å²) in [6.07, 6.45) is 4.62. The maximum atomic E-state index is 13.8. The summed E-state index contributed by atoms with van der Waals surface area (Å²) >= 11 is 5.72. The SMILES string of the molecule is CCOc1ccc(N2C(=O)/C(=C/c3cn(CCCOc4ccc(C)cc4)c4ccccc34)N(CC(=O)OC)C2=S)cc1. The van der Waals surface area contributed by atoms with Gasteiger partial charge in [-0.05, 0) is 81.0 Å². The number of hydrogen-bond donors (Lipinski definition) is 0. The molecule has 1 saturated heterocycles. The molecule has 0 spiro atoms. The van der Waals surface area contributed by atoms with Gasteiger partial charge in [-0.3, -0.25) is 14.5 Å². The van der Waals surface area contributed by atoms with Gasteiger partial charge in [0, 0.05) is 29.2 Å². The highest BCUT2D eigenvalue weighted by molar-refractivity contribution is 7.80. The van der Waals surface area contributed by atoms with Gasteiger partial charge in [0.25, 0.3) is 5.91 Å². The monoisotopic (exact) mass is 583 g/mol. The first-order chi connectivity index (χ1) is 20.4. The predicted octanol–water partition coefficient (Wildman–Crippen LogP) is 5.97. The highest BCUT2D eigenvalue weighted by atomic mass is 32.1. The number of methoxy groups -OCH3 is 1. The number of para-hydroxylation sites is 1. The number of carbonyl (C=O) groups is 2. The Morgan fingerprint density at radius 2 is 1.64 bits per heavy atom. The fourth-order valence-electron chi connectivity index (χ4n) is 4.89. The largest absolute Gasteiger partial charge is 0.494 e. The molecule has 5 rings (SSSR count). The smallest absolute Gasteiger partial charge is 0.325 e. The van der Waals surface area contributed by atoms with E-state index >= 15 is 0 Å². The van der Waals surface area contributed by atoms with Crippen molar-refractivity contribution < 1.29 is 23.8 Å². The van der Waals surface area contributed by atoms with Crippen LogP contribution in [0.1, 0.15) is 24.5 Å². The van der Waals surface area contributed by atoms with E-state index in [0.717, 1.165) is 35.2 Å². The molecule has 0 atom stereocenters. The fourth-order valence-corrected chi connectivity index (χ4v) is 5.25. The Kier molecular flexibility index (Phi) is 8.88. The number of rotatable bonds is 11. The lowest BCUT2D eigenvalue weighted by Crippen LogP contribution is -2.35. The molecule has 0 saturated carbocycles. The Hall–Kier alpha value is -4.63. The first kappa shape index (κ1) is 28.9. The summed E-state index contributed by atoms with van der Waals surface area (Å²) in [6, 6.07) is 23.2. The molecule has 0 unspecified atom stereocenters. The van der Waals surface area contributed by atoms with E-state index in [-0.39, 0.29) is 17.6 Å². The number of esters is 1. The van der Waals surface area contributed by atoms with Crippen molar-refractivity contribution in [3.05, 3.63) is 95.8 Å². The van der Waals surface area contributed by atoms with Gasteiger partial charge in [-0.2, -0.15) is 0 Å². The molecule has 1 amide bonds. The standard InChI is InChI=1S/C33H33N3O5S/c1-4-40-26-16-12-25(13-17-26)36-32(38)30(35(33(36)42)22-31(37)39-3)20-24-21-34(29-9-6-5-8-28(24)29)18-7-19-41-27-14-10-23(2)11-15-27/h5-6,8-17,20-21H,4,7,18-19,22H2,1-3H3/b30-20-. The van der Waals surface area contributed by atoms with E-state index in [0.29, 0.717) is 30.3 Å². The van der Waals surface area contributed by atoms with Gasteiger partial charge in [0.15, 0.2) is 5.11 Å². The van der Waals surface area contributed by atoms with E-state index in [1.165, 1.54) is 22.5 Å². The second-order valence-electron chi connectivity index (χ2n) is 9.85. The van der Waals surface area contributed by atoms with Crippen molar-refractivity contribution in [3.8, 4) is 11.5 Å². The topological polar surface area (TPSA) is 73.2 Å². The van der Waals surface area contributed by atoms with E-state index in [1.54, 1.807) is 30.3 Å². The molecule has 2 heterocycles. The van der Waals surface area contributed by atoms with Crippen molar-refractivity contribution in [2.24, 2.45) is 0 Å². The Balaban J connectivity index is 1.43. The summed E-state index contributed by atoms with van der Waals surface area (Å²) in [5.74, 6) is 0.719. The number of carbonyl (C=O) groups excluding carboxylic acids is 2. The second kappa shape index (κ2) is 12.9. The van der Waals surface area contributed by atoms with E-state index in [1.807, 2.05) is 62.5 Å². The average molecular weight is 584 g/mol.